The highest BCUT2D eigenvalue weighted by molar-refractivity contribution is 6.02. The van der Waals surface area contributed by atoms with Gasteiger partial charge in [-0.3, -0.25) is 9.59 Å². The second-order valence-corrected chi connectivity index (χ2v) is 8.23. The molecule has 0 unspecified atom stereocenters. The van der Waals surface area contributed by atoms with Crippen molar-refractivity contribution in [3.8, 4) is 11.5 Å². The van der Waals surface area contributed by atoms with E-state index < -0.39 is 0 Å². The van der Waals surface area contributed by atoms with Gasteiger partial charge in [0.15, 0.2) is 18.1 Å². The summed E-state index contributed by atoms with van der Waals surface area (Å²) in [4.78, 5) is 29.3. The van der Waals surface area contributed by atoms with Crippen molar-refractivity contribution in [2.45, 2.75) is 25.0 Å². The minimum atomic E-state index is -0.289. The van der Waals surface area contributed by atoms with Crippen molar-refractivity contribution < 1.29 is 23.8 Å². The number of hydrogen-bond acceptors (Lipinski definition) is 6. The lowest BCUT2D eigenvalue weighted by molar-refractivity contribution is -0.137. The third-order valence-electron chi connectivity index (χ3n) is 6.12. The molecule has 1 N–H and O–H groups in total. The summed E-state index contributed by atoms with van der Waals surface area (Å²) in [6, 6.07) is 13.4. The van der Waals surface area contributed by atoms with Crippen LogP contribution in [0.15, 0.2) is 42.5 Å². The molecule has 1 aliphatic carbocycles. The molecule has 2 aromatic rings. The highest BCUT2D eigenvalue weighted by atomic mass is 16.5. The molecule has 32 heavy (non-hydrogen) atoms. The van der Waals surface area contributed by atoms with Crippen LogP contribution in [0.1, 0.15) is 34.9 Å². The Morgan fingerprint density at radius 2 is 1.91 bits per heavy atom. The maximum Gasteiger partial charge on any atom is 0.260 e. The number of nitrogens with zero attached hydrogens (tertiary/aromatic N) is 2. The first-order chi connectivity index (χ1) is 15.7. The largest absolute Gasteiger partial charge is 0.493 e. The van der Waals surface area contributed by atoms with Gasteiger partial charge in [0.05, 0.1) is 25.9 Å². The Kier molecular flexibility index (Phi) is 5.61. The maximum absolute atomic E-state index is 13.2. The van der Waals surface area contributed by atoms with Gasteiger partial charge in [-0.2, -0.15) is 0 Å². The number of carbonyl (C=O) groups excluding carboxylic acids is 2. The van der Waals surface area contributed by atoms with E-state index >= 15 is 0 Å². The maximum atomic E-state index is 13.2. The van der Waals surface area contributed by atoms with Gasteiger partial charge in [-0.25, -0.2) is 0 Å². The number of ether oxygens (including phenoxy) is 3. The monoisotopic (exact) mass is 437 g/mol. The minimum absolute atomic E-state index is 0.0438. The number of para-hydroxylation sites is 1. The molecule has 5 rings (SSSR count). The van der Waals surface area contributed by atoms with Crippen LogP contribution < -0.4 is 14.8 Å². The number of morpholine rings is 1. The predicted molar refractivity (Wildman–Crippen MR) is 118 cm³/mol. The van der Waals surface area contributed by atoms with Crippen molar-refractivity contribution in [2.24, 2.45) is 0 Å². The number of methoxy groups -OCH3 is 1. The highest BCUT2D eigenvalue weighted by Crippen LogP contribution is 2.42. The summed E-state index contributed by atoms with van der Waals surface area (Å²) < 4.78 is 16.6. The second-order valence-electron chi connectivity index (χ2n) is 8.23. The SMILES string of the molecule is COc1cc([C@H]2Nc3ccccc3C(=O)N2C2CC2)ccc1OCC(=O)N1CCOCC1. The highest BCUT2D eigenvalue weighted by Gasteiger charge is 2.42. The summed E-state index contributed by atoms with van der Waals surface area (Å²) >= 11 is 0. The molecule has 3 aliphatic rings. The number of hydrogen-bond donors (Lipinski definition) is 1. The third kappa shape index (κ3) is 3.98. The molecule has 8 heteroatoms. The van der Waals surface area contributed by atoms with Crippen LogP contribution in [0.3, 0.4) is 0 Å². The summed E-state index contributed by atoms with van der Waals surface area (Å²) in [5, 5.41) is 3.52. The van der Waals surface area contributed by atoms with Crippen LogP contribution >= 0.6 is 0 Å². The van der Waals surface area contributed by atoms with Crippen LogP contribution in [0, 0.1) is 0 Å². The Morgan fingerprint density at radius 3 is 2.66 bits per heavy atom. The fourth-order valence-corrected chi connectivity index (χ4v) is 4.26. The van der Waals surface area contributed by atoms with Crippen LogP contribution in [0.25, 0.3) is 0 Å². The summed E-state index contributed by atoms with van der Waals surface area (Å²) in [5.41, 5.74) is 2.43. The van der Waals surface area contributed by atoms with E-state index in [0.717, 1.165) is 24.1 Å². The first-order valence-corrected chi connectivity index (χ1v) is 11.0. The average molecular weight is 437 g/mol. The van der Waals surface area contributed by atoms with Gasteiger partial charge >= 0.3 is 0 Å². The molecule has 8 nitrogen and oxygen atoms in total. The molecule has 1 saturated heterocycles. The normalized spacial score (nSPS) is 20.4. The van der Waals surface area contributed by atoms with Gasteiger partial charge in [0.2, 0.25) is 0 Å². The molecule has 2 aromatic carbocycles. The lowest BCUT2D eigenvalue weighted by Gasteiger charge is -2.38. The molecule has 2 aliphatic heterocycles. The van der Waals surface area contributed by atoms with E-state index in [1.165, 1.54) is 0 Å². The minimum Gasteiger partial charge on any atom is -0.493 e. The van der Waals surface area contributed by atoms with Gasteiger partial charge < -0.3 is 29.3 Å². The van der Waals surface area contributed by atoms with Crippen LogP contribution in [-0.4, -0.2) is 67.7 Å². The number of rotatable bonds is 6. The molecule has 0 radical (unpaired) electrons. The van der Waals surface area contributed by atoms with Crippen molar-refractivity contribution in [3.05, 3.63) is 53.6 Å². The van der Waals surface area contributed by atoms with Gasteiger partial charge in [0.1, 0.15) is 6.17 Å². The molecular formula is C24H27N3O5. The number of nitrogens with one attached hydrogen (secondary N) is 1. The van der Waals surface area contributed by atoms with Gasteiger partial charge in [-0.15, -0.1) is 0 Å². The van der Waals surface area contributed by atoms with Crippen LogP contribution in [-0.2, 0) is 9.53 Å². The number of carbonyl (C=O) groups is 2. The molecule has 0 spiro atoms. The lowest BCUT2D eigenvalue weighted by atomic mass is 10.0. The van der Waals surface area contributed by atoms with E-state index in [-0.39, 0.29) is 30.6 Å². The van der Waals surface area contributed by atoms with Crippen LogP contribution in [0.4, 0.5) is 5.69 Å². The van der Waals surface area contributed by atoms with Crippen molar-refractivity contribution in [3.63, 3.8) is 0 Å². The molecule has 168 valence electrons. The molecule has 0 aromatic heterocycles. The van der Waals surface area contributed by atoms with Crippen molar-refractivity contribution >= 4 is 17.5 Å². The second kappa shape index (κ2) is 8.70. The van der Waals surface area contributed by atoms with Gasteiger partial charge in [-0.1, -0.05) is 18.2 Å². The third-order valence-corrected chi connectivity index (χ3v) is 6.12. The first kappa shape index (κ1) is 20.6. The zero-order valence-corrected chi connectivity index (χ0v) is 18.1. The zero-order valence-electron chi connectivity index (χ0n) is 18.1. The van der Waals surface area contributed by atoms with E-state index in [2.05, 4.69) is 5.32 Å². The fraction of sp³-hybridized carbons (Fsp3) is 0.417. The van der Waals surface area contributed by atoms with E-state index in [1.807, 2.05) is 41.3 Å². The quantitative estimate of drug-likeness (QED) is 0.749. The van der Waals surface area contributed by atoms with Crippen LogP contribution in [0.2, 0.25) is 0 Å². The zero-order chi connectivity index (χ0) is 22.1. The first-order valence-electron chi connectivity index (χ1n) is 11.0. The van der Waals surface area contributed by atoms with Crippen molar-refractivity contribution in [1.82, 2.24) is 9.80 Å². The molecule has 1 atom stereocenters. The van der Waals surface area contributed by atoms with Gasteiger partial charge in [0.25, 0.3) is 11.8 Å². The van der Waals surface area contributed by atoms with Gasteiger partial charge in [-0.05, 0) is 42.7 Å². The number of benzene rings is 2. The van der Waals surface area contributed by atoms with E-state index in [0.29, 0.717) is 43.4 Å². The summed E-state index contributed by atoms with van der Waals surface area (Å²) in [5.74, 6) is 0.997. The van der Waals surface area contributed by atoms with E-state index in [4.69, 9.17) is 14.2 Å². The van der Waals surface area contributed by atoms with Crippen molar-refractivity contribution in [1.29, 1.82) is 0 Å². The lowest BCUT2D eigenvalue weighted by Crippen LogP contribution is -2.44. The molecule has 2 heterocycles. The molecule has 2 fully saturated rings. The Labute approximate surface area is 187 Å². The van der Waals surface area contributed by atoms with Crippen LogP contribution in [0.5, 0.6) is 11.5 Å². The topological polar surface area (TPSA) is 80.3 Å². The number of amides is 2. The number of fused-ring (bicyclic) bond motifs is 1. The average Bonchev–Trinajstić information content (AvgIpc) is 3.68. The van der Waals surface area contributed by atoms with Gasteiger partial charge in [0, 0.05) is 24.8 Å². The Hall–Kier alpha value is -3.26. The summed E-state index contributed by atoms with van der Waals surface area (Å²) in [6.07, 6.45) is 1.73. The van der Waals surface area contributed by atoms with Crippen molar-refractivity contribution in [2.75, 3.05) is 45.3 Å². The molecule has 0 bridgehead atoms. The van der Waals surface area contributed by atoms with E-state index in [9.17, 15) is 9.59 Å². The fourth-order valence-electron chi connectivity index (χ4n) is 4.26. The summed E-state index contributed by atoms with van der Waals surface area (Å²) in [7, 11) is 1.57. The molecule has 1 saturated carbocycles. The molecule has 2 amide bonds. The number of anilines is 1. The van der Waals surface area contributed by atoms with E-state index in [1.54, 1.807) is 18.1 Å². The standard InChI is InChI=1S/C24H27N3O5/c1-30-21-14-16(6-9-20(21)32-15-22(28)26-10-12-31-13-11-26)23-25-19-5-3-2-4-18(19)24(29)27(23)17-7-8-17/h2-6,9,14,17,23,25H,7-8,10-13,15H2,1H3/t23-/m0/s1. The Balaban J connectivity index is 1.36. The summed E-state index contributed by atoms with van der Waals surface area (Å²) in [6.45, 7) is 2.21. The Morgan fingerprint density at radius 1 is 1.12 bits per heavy atom. The smallest absolute Gasteiger partial charge is 0.260 e. The molecular weight excluding hydrogens is 410 g/mol. The predicted octanol–water partition coefficient (Wildman–Crippen LogP) is 2.66. The Bertz CT molecular complexity index is 1020.